The van der Waals surface area contributed by atoms with Gasteiger partial charge in [-0.3, -0.25) is 4.79 Å². The number of para-hydroxylation sites is 1. The molecule has 3 nitrogen and oxygen atoms in total. The van der Waals surface area contributed by atoms with Crippen molar-refractivity contribution in [2.75, 3.05) is 26.0 Å². The van der Waals surface area contributed by atoms with Crippen molar-refractivity contribution in [3.8, 4) is 0 Å². The molecule has 1 aromatic rings. The summed E-state index contributed by atoms with van der Waals surface area (Å²) in [5.41, 5.74) is 5.59. The first kappa shape index (κ1) is 16.6. The highest BCUT2D eigenvalue weighted by Gasteiger charge is 2.37. The number of benzene rings is 1. The van der Waals surface area contributed by atoms with Crippen LogP contribution in [0.1, 0.15) is 32.3 Å². The zero-order valence-corrected chi connectivity index (χ0v) is 15.3. The summed E-state index contributed by atoms with van der Waals surface area (Å²) in [6.45, 7) is 4.49. The first-order chi connectivity index (χ1) is 11.3. The number of fused-ring (bicyclic) bond motifs is 1. The number of nitrogens with zero attached hydrogens (tertiary/aromatic N) is 2. The summed E-state index contributed by atoms with van der Waals surface area (Å²) < 4.78 is 0. The molecule has 0 saturated heterocycles. The molecule has 2 aliphatic rings. The van der Waals surface area contributed by atoms with Gasteiger partial charge in [0.1, 0.15) is 0 Å². The van der Waals surface area contributed by atoms with E-state index in [1.54, 1.807) is 0 Å². The van der Waals surface area contributed by atoms with Gasteiger partial charge in [-0.25, -0.2) is 0 Å². The van der Waals surface area contributed by atoms with Crippen molar-refractivity contribution in [2.45, 2.75) is 32.1 Å². The number of anilines is 1. The summed E-state index contributed by atoms with van der Waals surface area (Å²) >= 11 is 0. The van der Waals surface area contributed by atoms with E-state index >= 15 is 0 Å². The first-order valence-electron chi connectivity index (χ1n) is 8.48. The van der Waals surface area contributed by atoms with Gasteiger partial charge in [-0.1, -0.05) is 38.1 Å². The van der Waals surface area contributed by atoms with Gasteiger partial charge in [0.15, 0.2) is 5.78 Å². The minimum absolute atomic E-state index is 0.0492. The Bertz CT molecular complexity index is 766. The first-order valence-corrected chi connectivity index (χ1v) is 8.48. The molecule has 1 saturated carbocycles. The third-order valence-electron chi connectivity index (χ3n) is 5.04. The Morgan fingerprint density at radius 1 is 1.08 bits per heavy atom. The molecule has 126 valence electrons. The molecule has 0 bridgehead atoms. The molecule has 0 atom stereocenters. The van der Waals surface area contributed by atoms with Crippen molar-refractivity contribution >= 4 is 11.5 Å². The number of Topliss-reactive ketones (excluding diaryl/α,β-unsaturated/α-hetero) is 1. The van der Waals surface area contributed by atoms with Gasteiger partial charge in [0, 0.05) is 55.3 Å². The molecule has 1 aliphatic carbocycles. The summed E-state index contributed by atoms with van der Waals surface area (Å²) in [5.74, 6) is 0.191. The highest BCUT2D eigenvalue weighted by atomic mass is 16.1. The number of ketones is 1. The molecule has 0 unspecified atom stereocenters. The zero-order chi connectivity index (χ0) is 17.5. The van der Waals surface area contributed by atoms with E-state index in [0.717, 1.165) is 24.0 Å². The SMILES string of the molecule is CN(C)C=C1CCC(=CC=C2N(C)c3ccccc3C2(C)C)C1=O. The second-order valence-corrected chi connectivity index (χ2v) is 7.39. The third-order valence-corrected chi connectivity index (χ3v) is 5.04. The minimum Gasteiger partial charge on any atom is -0.383 e. The normalized spacial score (nSPS) is 24.3. The summed E-state index contributed by atoms with van der Waals surface area (Å²) in [6, 6.07) is 8.52. The predicted octanol–water partition coefficient (Wildman–Crippen LogP) is 4.03. The topological polar surface area (TPSA) is 23.6 Å². The van der Waals surface area contributed by atoms with Gasteiger partial charge >= 0.3 is 0 Å². The number of hydrogen-bond donors (Lipinski definition) is 0. The number of rotatable bonds is 2. The van der Waals surface area contributed by atoms with Gasteiger partial charge in [0.05, 0.1) is 0 Å². The fraction of sp³-hybridized carbons (Fsp3) is 0.381. The van der Waals surface area contributed by atoms with Crippen molar-refractivity contribution in [2.24, 2.45) is 0 Å². The molecule has 1 aromatic carbocycles. The molecule has 0 aromatic heterocycles. The lowest BCUT2D eigenvalue weighted by atomic mass is 9.83. The van der Waals surface area contributed by atoms with Crippen molar-refractivity contribution in [3.63, 3.8) is 0 Å². The molecular formula is C21H26N2O. The van der Waals surface area contributed by atoms with E-state index in [9.17, 15) is 4.79 Å². The number of carbonyl (C=O) groups is 1. The summed E-state index contributed by atoms with van der Waals surface area (Å²) in [5, 5.41) is 0. The Labute approximate surface area is 145 Å². The largest absolute Gasteiger partial charge is 0.383 e. The monoisotopic (exact) mass is 322 g/mol. The second kappa shape index (κ2) is 5.97. The third kappa shape index (κ3) is 2.68. The molecule has 0 N–H and O–H groups in total. The van der Waals surface area contributed by atoms with Gasteiger partial charge < -0.3 is 9.80 Å². The average molecular weight is 322 g/mol. The van der Waals surface area contributed by atoms with E-state index in [-0.39, 0.29) is 11.2 Å². The molecule has 0 amide bonds. The van der Waals surface area contributed by atoms with Gasteiger partial charge in [0.2, 0.25) is 0 Å². The molecule has 1 fully saturated rings. The van der Waals surface area contributed by atoms with Crippen LogP contribution in [-0.2, 0) is 10.2 Å². The van der Waals surface area contributed by atoms with Crippen LogP contribution in [0.4, 0.5) is 5.69 Å². The smallest absolute Gasteiger partial charge is 0.186 e. The van der Waals surface area contributed by atoms with Crippen LogP contribution in [0.25, 0.3) is 0 Å². The van der Waals surface area contributed by atoms with E-state index in [0.29, 0.717) is 0 Å². The Kier molecular flexibility index (Phi) is 4.12. The van der Waals surface area contributed by atoms with Crippen molar-refractivity contribution < 1.29 is 4.79 Å². The molecule has 24 heavy (non-hydrogen) atoms. The van der Waals surface area contributed by atoms with Crippen molar-refractivity contribution in [1.29, 1.82) is 0 Å². The lowest BCUT2D eigenvalue weighted by molar-refractivity contribution is -0.111. The molecule has 1 aliphatic heterocycles. The maximum absolute atomic E-state index is 12.5. The van der Waals surface area contributed by atoms with E-state index in [1.165, 1.54) is 16.9 Å². The number of allylic oxidation sites excluding steroid dienone is 5. The predicted molar refractivity (Wildman–Crippen MR) is 100 cm³/mol. The average Bonchev–Trinajstić information content (AvgIpc) is 2.95. The molecule has 0 radical (unpaired) electrons. The van der Waals surface area contributed by atoms with Crippen LogP contribution in [-0.4, -0.2) is 31.8 Å². The van der Waals surface area contributed by atoms with Crippen LogP contribution in [0, 0.1) is 0 Å². The van der Waals surface area contributed by atoms with Crippen molar-refractivity contribution in [3.05, 3.63) is 65.0 Å². The second-order valence-electron chi connectivity index (χ2n) is 7.39. The maximum Gasteiger partial charge on any atom is 0.186 e. The van der Waals surface area contributed by atoms with Gasteiger partial charge in [0.25, 0.3) is 0 Å². The van der Waals surface area contributed by atoms with Crippen LogP contribution in [0.2, 0.25) is 0 Å². The highest BCUT2D eigenvalue weighted by Crippen LogP contribution is 2.46. The Balaban J connectivity index is 1.92. The van der Waals surface area contributed by atoms with Crippen LogP contribution in [0.5, 0.6) is 0 Å². The molecule has 3 heteroatoms. The molecule has 3 rings (SSSR count). The van der Waals surface area contributed by atoms with E-state index in [1.807, 2.05) is 31.3 Å². The lowest BCUT2D eigenvalue weighted by Gasteiger charge is -2.23. The van der Waals surface area contributed by atoms with Crippen LogP contribution >= 0.6 is 0 Å². The van der Waals surface area contributed by atoms with Gasteiger partial charge in [-0.05, 0) is 30.5 Å². The van der Waals surface area contributed by atoms with Crippen LogP contribution in [0.3, 0.4) is 0 Å². The van der Waals surface area contributed by atoms with Gasteiger partial charge in [-0.2, -0.15) is 0 Å². The standard InChI is InChI=1S/C21H26N2O/c1-21(2)17-8-6-7-9-18(17)23(5)19(21)13-12-15-10-11-16(20(15)24)14-22(3)4/h6-9,12-14H,10-11H2,1-5H3. The van der Waals surface area contributed by atoms with E-state index < -0.39 is 0 Å². The van der Waals surface area contributed by atoms with Crippen molar-refractivity contribution in [1.82, 2.24) is 4.90 Å². The fourth-order valence-corrected chi connectivity index (χ4v) is 3.78. The molecule has 1 heterocycles. The number of likely N-dealkylation sites (N-methyl/N-ethyl adjacent to an activating group) is 1. The van der Waals surface area contributed by atoms with Gasteiger partial charge in [-0.15, -0.1) is 0 Å². The minimum atomic E-state index is -0.0492. The Morgan fingerprint density at radius 2 is 1.75 bits per heavy atom. The fourth-order valence-electron chi connectivity index (χ4n) is 3.78. The highest BCUT2D eigenvalue weighted by molar-refractivity contribution is 6.10. The quantitative estimate of drug-likeness (QED) is 0.768. The van der Waals surface area contributed by atoms with Crippen LogP contribution < -0.4 is 4.90 Å². The molecule has 0 spiro atoms. The summed E-state index contributed by atoms with van der Waals surface area (Å²) in [4.78, 5) is 16.7. The summed E-state index contributed by atoms with van der Waals surface area (Å²) in [6.07, 6.45) is 7.77. The van der Waals surface area contributed by atoms with E-state index in [4.69, 9.17) is 0 Å². The van der Waals surface area contributed by atoms with Crippen LogP contribution in [0.15, 0.2) is 59.5 Å². The zero-order valence-electron chi connectivity index (χ0n) is 15.3. The maximum atomic E-state index is 12.5. The summed E-state index contributed by atoms with van der Waals surface area (Å²) in [7, 11) is 6.01. The number of hydrogen-bond acceptors (Lipinski definition) is 3. The Hall–Kier alpha value is -2.29. The van der Waals surface area contributed by atoms with E-state index in [2.05, 4.69) is 56.1 Å². The Morgan fingerprint density at radius 3 is 2.42 bits per heavy atom. The lowest BCUT2D eigenvalue weighted by Crippen LogP contribution is -2.22. The number of carbonyl (C=O) groups excluding carboxylic acids is 1. The molecular weight excluding hydrogens is 296 g/mol.